The molecule has 4 heteroatoms. The van der Waals surface area contributed by atoms with Crippen molar-refractivity contribution in [1.29, 1.82) is 0 Å². The van der Waals surface area contributed by atoms with Crippen LogP contribution in [0.5, 0.6) is 0 Å². The average molecular weight is 277 g/mol. The van der Waals surface area contributed by atoms with Crippen molar-refractivity contribution in [3.8, 4) is 0 Å². The molecule has 1 fully saturated rings. The van der Waals surface area contributed by atoms with Gasteiger partial charge in [0.15, 0.2) is 0 Å². The van der Waals surface area contributed by atoms with E-state index in [0.29, 0.717) is 25.2 Å². The highest BCUT2D eigenvalue weighted by Crippen LogP contribution is 2.35. The Hall–Kier alpha value is -1.45. The number of Topliss-reactive ketones (excluding diaryl/α,β-unsaturated/α-hetero) is 2. The summed E-state index contributed by atoms with van der Waals surface area (Å²) in [4.78, 5) is 24.0. The first-order chi connectivity index (χ1) is 9.52. The summed E-state index contributed by atoms with van der Waals surface area (Å²) in [7, 11) is 0. The Morgan fingerprint density at radius 2 is 2.20 bits per heavy atom. The molecular weight excluding hydrogens is 254 g/mol. The number of nitrogens with zero attached hydrogens (tertiary/aromatic N) is 1. The Bertz CT molecular complexity index is 490. The molecule has 0 bridgehead atoms. The Labute approximate surface area is 119 Å². The van der Waals surface area contributed by atoms with Crippen molar-refractivity contribution < 1.29 is 14.1 Å². The van der Waals surface area contributed by atoms with Crippen molar-refractivity contribution in [2.24, 2.45) is 5.92 Å². The molecule has 0 saturated heterocycles. The molecule has 0 aromatic carbocycles. The molecule has 1 aromatic heterocycles. The topological polar surface area (TPSA) is 60.2 Å². The first-order valence-electron chi connectivity index (χ1n) is 7.54. The molecule has 4 nitrogen and oxygen atoms in total. The fourth-order valence-corrected chi connectivity index (χ4v) is 2.79. The van der Waals surface area contributed by atoms with Crippen LogP contribution in [0, 0.1) is 5.92 Å². The summed E-state index contributed by atoms with van der Waals surface area (Å²) in [5.74, 6) is 1.01. The second-order valence-electron chi connectivity index (χ2n) is 6.02. The van der Waals surface area contributed by atoms with E-state index in [0.717, 1.165) is 24.3 Å². The Balaban J connectivity index is 2.01. The van der Waals surface area contributed by atoms with Gasteiger partial charge in [0.2, 0.25) is 0 Å². The lowest BCUT2D eigenvalue weighted by Crippen LogP contribution is -2.30. The fraction of sp³-hybridized carbons (Fsp3) is 0.688. The third-order valence-electron chi connectivity index (χ3n) is 4.07. The molecule has 1 saturated carbocycles. The quantitative estimate of drug-likeness (QED) is 0.771. The van der Waals surface area contributed by atoms with Crippen LogP contribution in [0.25, 0.3) is 0 Å². The predicted molar refractivity (Wildman–Crippen MR) is 75.6 cm³/mol. The fourth-order valence-electron chi connectivity index (χ4n) is 2.79. The van der Waals surface area contributed by atoms with Gasteiger partial charge in [0.05, 0.1) is 11.6 Å². The summed E-state index contributed by atoms with van der Waals surface area (Å²) in [6.45, 7) is 6.09. The van der Waals surface area contributed by atoms with Crippen LogP contribution in [0.15, 0.2) is 10.6 Å². The Morgan fingerprint density at radius 1 is 1.45 bits per heavy atom. The smallest absolute Gasteiger partial charge is 0.144 e. The summed E-state index contributed by atoms with van der Waals surface area (Å²) >= 11 is 0. The first-order valence-corrected chi connectivity index (χ1v) is 7.54. The van der Waals surface area contributed by atoms with E-state index < -0.39 is 0 Å². The van der Waals surface area contributed by atoms with Gasteiger partial charge in [0.1, 0.15) is 17.3 Å². The standard InChI is InChI=1S/C16H23NO3/c1-4-5-14(18)12-7-6-11(8-15(12)19)16-9-13(10(2)3)17-20-16/h9-12H,4-8H2,1-3H3. The van der Waals surface area contributed by atoms with E-state index in [1.807, 2.05) is 13.0 Å². The molecule has 2 atom stereocenters. The summed E-state index contributed by atoms with van der Waals surface area (Å²) < 4.78 is 5.37. The summed E-state index contributed by atoms with van der Waals surface area (Å²) in [6.07, 6.45) is 3.22. The molecule has 20 heavy (non-hydrogen) atoms. The molecule has 2 unspecified atom stereocenters. The second kappa shape index (κ2) is 6.33. The van der Waals surface area contributed by atoms with Gasteiger partial charge < -0.3 is 4.52 Å². The number of carbonyl (C=O) groups excluding carboxylic acids is 2. The van der Waals surface area contributed by atoms with Crippen LogP contribution < -0.4 is 0 Å². The first kappa shape index (κ1) is 14.9. The average Bonchev–Trinajstić information content (AvgIpc) is 2.88. The lowest BCUT2D eigenvalue weighted by molar-refractivity contribution is -0.134. The van der Waals surface area contributed by atoms with Gasteiger partial charge >= 0.3 is 0 Å². The van der Waals surface area contributed by atoms with Gasteiger partial charge in [-0.05, 0) is 25.2 Å². The highest BCUT2D eigenvalue weighted by Gasteiger charge is 2.34. The molecule has 0 N–H and O–H groups in total. The summed E-state index contributed by atoms with van der Waals surface area (Å²) in [6, 6.07) is 1.96. The van der Waals surface area contributed by atoms with Gasteiger partial charge in [0, 0.05) is 24.8 Å². The van der Waals surface area contributed by atoms with Gasteiger partial charge in [-0.25, -0.2) is 0 Å². The molecule has 1 aliphatic carbocycles. The van der Waals surface area contributed by atoms with Crippen LogP contribution in [-0.4, -0.2) is 16.7 Å². The van der Waals surface area contributed by atoms with E-state index in [2.05, 4.69) is 19.0 Å². The SMILES string of the molecule is CCCC(=O)C1CCC(c2cc(C(C)C)no2)CC1=O. The lowest BCUT2D eigenvalue weighted by atomic mass is 9.77. The molecule has 2 rings (SSSR count). The molecule has 110 valence electrons. The third kappa shape index (κ3) is 3.17. The minimum atomic E-state index is -0.376. The maximum absolute atomic E-state index is 12.2. The van der Waals surface area contributed by atoms with E-state index in [4.69, 9.17) is 4.52 Å². The molecule has 1 aromatic rings. The molecular formula is C16H23NO3. The summed E-state index contributed by atoms with van der Waals surface area (Å²) in [5, 5.41) is 4.05. The number of carbonyl (C=O) groups is 2. The van der Waals surface area contributed by atoms with Crippen LogP contribution in [0.4, 0.5) is 0 Å². The zero-order valence-electron chi connectivity index (χ0n) is 12.5. The van der Waals surface area contributed by atoms with Crippen molar-refractivity contribution in [1.82, 2.24) is 5.16 Å². The number of hydrogen-bond donors (Lipinski definition) is 0. The zero-order chi connectivity index (χ0) is 14.7. The highest BCUT2D eigenvalue weighted by molar-refractivity contribution is 6.03. The van der Waals surface area contributed by atoms with Gasteiger partial charge in [0.25, 0.3) is 0 Å². The largest absolute Gasteiger partial charge is 0.361 e. The Morgan fingerprint density at radius 3 is 2.75 bits per heavy atom. The normalized spacial score (nSPS) is 23.3. The van der Waals surface area contributed by atoms with Crippen LogP contribution in [-0.2, 0) is 9.59 Å². The number of hydrogen-bond acceptors (Lipinski definition) is 4. The third-order valence-corrected chi connectivity index (χ3v) is 4.07. The molecule has 1 heterocycles. The predicted octanol–water partition coefficient (Wildman–Crippen LogP) is 3.62. The van der Waals surface area contributed by atoms with Gasteiger partial charge in [-0.15, -0.1) is 0 Å². The van der Waals surface area contributed by atoms with E-state index in [1.54, 1.807) is 0 Å². The second-order valence-corrected chi connectivity index (χ2v) is 6.02. The van der Waals surface area contributed by atoms with Crippen LogP contribution >= 0.6 is 0 Å². The lowest BCUT2D eigenvalue weighted by Gasteiger charge is -2.24. The summed E-state index contributed by atoms with van der Waals surface area (Å²) in [5.41, 5.74) is 0.927. The number of aromatic nitrogens is 1. The molecule has 1 aliphatic rings. The van der Waals surface area contributed by atoms with Gasteiger partial charge in [-0.2, -0.15) is 0 Å². The van der Waals surface area contributed by atoms with Crippen LogP contribution in [0.2, 0.25) is 0 Å². The van der Waals surface area contributed by atoms with E-state index in [9.17, 15) is 9.59 Å². The number of ketones is 2. The van der Waals surface area contributed by atoms with Crippen molar-refractivity contribution in [3.05, 3.63) is 17.5 Å². The molecule has 0 radical (unpaired) electrons. The van der Waals surface area contributed by atoms with E-state index in [1.165, 1.54) is 0 Å². The van der Waals surface area contributed by atoms with Crippen LogP contribution in [0.1, 0.15) is 76.2 Å². The van der Waals surface area contributed by atoms with Crippen molar-refractivity contribution in [2.45, 2.75) is 64.7 Å². The minimum absolute atomic E-state index is 0.0715. The van der Waals surface area contributed by atoms with Crippen molar-refractivity contribution in [2.75, 3.05) is 0 Å². The van der Waals surface area contributed by atoms with E-state index in [-0.39, 0.29) is 23.4 Å². The highest BCUT2D eigenvalue weighted by atomic mass is 16.5. The Kier molecular flexibility index (Phi) is 4.73. The monoisotopic (exact) mass is 277 g/mol. The van der Waals surface area contributed by atoms with Gasteiger partial charge in [-0.1, -0.05) is 25.9 Å². The van der Waals surface area contributed by atoms with E-state index >= 15 is 0 Å². The maximum Gasteiger partial charge on any atom is 0.144 e. The van der Waals surface area contributed by atoms with Crippen LogP contribution in [0.3, 0.4) is 0 Å². The van der Waals surface area contributed by atoms with Crippen molar-refractivity contribution >= 4 is 11.6 Å². The molecule has 0 aliphatic heterocycles. The molecule has 0 spiro atoms. The van der Waals surface area contributed by atoms with Crippen molar-refractivity contribution in [3.63, 3.8) is 0 Å². The zero-order valence-corrected chi connectivity index (χ0v) is 12.5. The van der Waals surface area contributed by atoms with Gasteiger partial charge in [-0.3, -0.25) is 9.59 Å². The minimum Gasteiger partial charge on any atom is -0.361 e. The number of rotatable bonds is 5. The molecule has 0 amide bonds. The maximum atomic E-state index is 12.2.